The van der Waals surface area contributed by atoms with Crippen LogP contribution in [0, 0.1) is 23.7 Å². The molecule has 0 saturated heterocycles. The average molecular weight is 656 g/mol. The first-order valence-corrected chi connectivity index (χ1v) is 19.7. The Labute approximate surface area is 298 Å². The molecule has 0 spiro atoms. The number of nitrogens with zero attached hydrogens (tertiary/aromatic N) is 1. The van der Waals surface area contributed by atoms with Gasteiger partial charge < -0.3 is 9.32 Å². The molecule has 252 valence electrons. The van der Waals surface area contributed by atoms with Crippen molar-refractivity contribution in [1.29, 1.82) is 0 Å². The number of allylic oxidation sites excluding steroid dienone is 11. The Kier molecular flexibility index (Phi) is 7.44. The van der Waals surface area contributed by atoms with Gasteiger partial charge in [-0.2, -0.15) is 0 Å². The van der Waals surface area contributed by atoms with E-state index in [2.05, 4.69) is 127 Å². The molecule has 2 aromatic carbocycles. The molecule has 0 amide bonds. The smallest absolute Gasteiger partial charge is 0.132 e. The molecule has 6 atom stereocenters. The van der Waals surface area contributed by atoms with Crippen molar-refractivity contribution in [3.05, 3.63) is 148 Å². The molecule has 3 aromatic rings. The zero-order valence-electron chi connectivity index (χ0n) is 29.5. The molecule has 0 radical (unpaired) electrons. The molecule has 0 N–H and O–H groups in total. The third kappa shape index (κ3) is 4.59. The fourth-order valence-corrected chi connectivity index (χ4v) is 11.2. The standard InChI is InChI=1S/C48H49NO/c1-32-14-5-10-21-41(32)48(35-17-3-2-4-18-35)42-22-11-8-19-38(42)39-29-28-37(31-43(39)48)49(36-27-26-33-15-6-7-16-34(33)30-36)44-23-13-25-46-47(44)40-20-9-12-24-45(40)50-46/h3,6-9,11,13,15-20,22,25,28-34,41,44H,2,4-5,10,12,14,21,23-24,26-27H2,1H3. The lowest BCUT2D eigenvalue weighted by Crippen LogP contribution is -2.42. The fourth-order valence-electron chi connectivity index (χ4n) is 11.2. The number of fused-ring (bicyclic) bond motifs is 7. The molecule has 1 heterocycles. The fraction of sp³-hybridized carbons (Fsp3) is 0.375. The van der Waals surface area contributed by atoms with Crippen molar-refractivity contribution in [2.75, 3.05) is 4.90 Å². The molecule has 50 heavy (non-hydrogen) atoms. The van der Waals surface area contributed by atoms with Gasteiger partial charge in [0.15, 0.2) is 0 Å². The van der Waals surface area contributed by atoms with Gasteiger partial charge >= 0.3 is 0 Å². The molecule has 6 unspecified atom stereocenters. The van der Waals surface area contributed by atoms with Crippen molar-refractivity contribution in [1.82, 2.24) is 0 Å². The van der Waals surface area contributed by atoms with Gasteiger partial charge in [0.1, 0.15) is 11.5 Å². The van der Waals surface area contributed by atoms with Crippen molar-refractivity contribution in [2.45, 2.75) is 89.0 Å². The first-order valence-electron chi connectivity index (χ1n) is 19.7. The molecule has 2 heteroatoms. The van der Waals surface area contributed by atoms with Crippen LogP contribution in [0.25, 0.3) is 23.3 Å². The van der Waals surface area contributed by atoms with Crippen LogP contribution in [0.3, 0.4) is 0 Å². The van der Waals surface area contributed by atoms with Gasteiger partial charge in [0.25, 0.3) is 0 Å². The largest absolute Gasteiger partial charge is 0.461 e. The molecule has 7 aliphatic rings. The maximum Gasteiger partial charge on any atom is 0.132 e. The summed E-state index contributed by atoms with van der Waals surface area (Å²) in [5.74, 6) is 4.50. The maximum absolute atomic E-state index is 6.62. The summed E-state index contributed by atoms with van der Waals surface area (Å²) < 4.78 is 6.62. The number of benzene rings is 2. The first kappa shape index (κ1) is 30.5. The van der Waals surface area contributed by atoms with Gasteiger partial charge in [-0.05, 0) is 109 Å². The Hall–Kier alpha value is -4.30. The minimum absolute atomic E-state index is 0.136. The molecule has 1 saturated carbocycles. The van der Waals surface area contributed by atoms with Crippen molar-refractivity contribution in [3.8, 4) is 11.1 Å². The summed E-state index contributed by atoms with van der Waals surface area (Å²) in [5.41, 5.74) is 12.9. The van der Waals surface area contributed by atoms with E-state index in [4.69, 9.17) is 4.42 Å². The van der Waals surface area contributed by atoms with E-state index in [0.29, 0.717) is 23.7 Å². The normalized spacial score (nSPS) is 30.1. The van der Waals surface area contributed by atoms with Gasteiger partial charge in [-0.25, -0.2) is 0 Å². The summed E-state index contributed by atoms with van der Waals surface area (Å²) in [7, 11) is 0. The van der Waals surface area contributed by atoms with Crippen molar-refractivity contribution in [3.63, 3.8) is 0 Å². The molecule has 10 rings (SSSR count). The number of anilines is 1. The second-order valence-electron chi connectivity index (χ2n) is 16.0. The molecular formula is C48H49NO. The van der Waals surface area contributed by atoms with Crippen LogP contribution < -0.4 is 4.90 Å². The molecule has 1 fully saturated rings. The lowest BCUT2D eigenvalue weighted by Gasteiger charge is -2.47. The number of furan rings is 1. The van der Waals surface area contributed by atoms with Crippen LogP contribution in [0.2, 0.25) is 0 Å². The summed E-state index contributed by atoms with van der Waals surface area (Å²) in [6.45, 7) is 2.55. The van der Waals surface area contributed by atoms with Crippen molar-refractivity contribution in [2.24, 2.45) is 23.7 Å². The monoisotopic (exact) mass is 655 g/mol. The van der Waals surface area contributed by atoms with E-state index >= 15 is 0 Å². The lowest BCUT2D eigenvalue weighted by molar-refractivity contribution is 0.192. The quantitative estimate of drug-likeness (QED) is 0.272. The van der Waals surface area contributed by atoms with E-state index < -0.39 is 0 Å². The van der Waals surface area contributed by atoms with Gasteiger partial charge in [-0.15, -0.1) is 0 Å². The number of hydrogen-bond donors (Lipinski definition) is 0. The Balaban J connectivity index is 1.20. The lowest BCUT2D eigenvalue weighted by atomic mass is 9.56. The van der Waals surface area contributed by atoms with Gasteiger partial charge in [0.2, 0.25) is 0 Å². The zero-order valence-corrected chi connectivity index (χ0v) is 29.5. The molecule has 2 nitrogen and oxygen atoms in total. The van der Waals surface area contributed by atoms with Crippen LogP contribution in [0.5, 0.6) is 0 Å². The van der Waals surface area contributed by atoms with E-state index in [9.17, 15) is 0 Å². The third-order valence-corrected chi connectivity index (χ3v) is 13.4. The van der Waals surface area contributed by atoms with Crippen LogP contribution in [-0.2, 0) is 11.8 Å². The second-order valence-corrected chi connectivity index (χ2v) is 16.0. The van der Waals surface area contributed by atoms with E-state index in [-0.39, 0.29) is 11.5 Å². The Morgan fingerprint density at radius 2 is 1.68 bits per heavy atom. The highest BCUT2D eigenvalue weighted by Crippen LogP contribution is 2.62. The summed E-state index contributed by atoms with van der Waals surface area (Å²) in [5, 5.41) is 0. The minimum atomic E-state index is -0.136. The van der Waals surface area contributed by atoms with Crippen LogP contribution in [0.15, 0.2) is 119 Å². The third-order valence-electron chi connectivity index (χ3n) is 13.4. The highest BCUT2D eigenvalue weighted by atomic mass is 16.3. The first-order chi connectivity index (χ1) is 24.7. The summed E-state index contributed by atoms with van der Waals surface area (Å²) in [6, 6.07) is 17.3. The molecular weight excluding hydrogens is 607 g/mol. The maximum atomic E-state index is 6.62. The Morgan fingerprint density at radius 3 is 2.60 bits per heavy atom. The molecule has 1 aromatic heterocycles. The second kappa shape index (κ2) is 12.2. The van der Waals surface area contributed by atoms with Crippen LogP contribution >= 0.6 is 0 Å². The predicted octanol–water partition coefficient (Wildman–Crippen LogP) is 12.6. The number of aryl methyl sites for hydroxylation is 1. The predicted molar refractivity (Wildman–Crippen MR) is 208 cm³/mol. The number of rotatable bonds is 5. The van der Waals surface area contributed by atoms with Crippen LogP contribution in [0.4, 0.5) is 5.69 Å². The SMILES string of the molecule is CC1CCCCC1C1(C2=CCCC=C2)c2ccccc2-c2ccc(N(C3=CC4C=CC=CC4CC3)C3CC=Cc4oc5c(c43)C=CCC5)cc21. The van der Waals surface area contributed by atoms with E-state index in [0.717, 1.165) is 50.0 Å². The Morgan fingerprint density at radius 1 is 0.800 bits per heavy atom. The van der Waals surface area contributed by atoms with Crippen molar-refractivity contribution >= 4 is 17.8 Å². The molecule has 7 aliphatic carbocycles. The highest BCUT2D eigenvalue weighted by molar-refractivity contribution is 5.86. The Bertz CT molecular complexity index is 2060. The van der Waals surface area contributed by atoms with Gasteiger partial charge in [0, 0.05) is 40.3 Å². The van der Waals surface area contributed by atoms with Crippen LogP contribution in [0.1, 0.15) is 111 Å². The molecule has 0 aliphatic heterocycles. The van der Waals surface area contributed by atoms with E-state index in [1.165, 1.54) is 82.4 Å². The average Bonchev–Trinajstić information content (AvgIpc) is 3.70. The van der Waals surface area contributed by atoms with Crippen LogP contribution in [-0.4, -0.2) is 0 Å². The molecule has 0 bridgehead atoms. The van der Waals surface area contributed by atoms with Gasteiger partial charge in [-0.1, -0.05) is 123 Å². The summed E-state index contributed by atoms with van der Waals surface area (Å²) in [6.07, 6.45) is 41.7. The zero-order chi connectivity index (χ0) is 33.2. The van der Waals surface area contributed by atoms with Gasteiger partial charge in [-0.3, -0.25) is 0 Å². The summed E-state index contributed by atoms with van der Waals surface area (Å²) >= 11 is 0. The summed E-state index contributed by atoms with van der Waals surface area (Å²) in [4.78, 5) is 2.77. The highest BCUT2D eigenvalue weighted by Gasteiger charge is 2.52. The van der Waals surface area contributed by atoms with Crippen molar-refractivity contribution < 1.29 is 4.42 Å². The topological polar surface area (TPSA) is 16.4 Å². The van der Waals surface area contributed by atoms with Gasteiger partial charge in [0.05, 0.1) is 6.04 Å². The van der Waals surface area contributed by atoms with E-state index in [1.54, 1.807) is 0 Å². The minimum Gasteiger partial charge on any atom is -0.461 e. The van der Waals surface area contributed by atoms with E-state index in [1.807, 2.05) is 0 Å². The number of hydrogen-bond acceptors (Lipinski definition) is 2.